The monoisotopic (exact) mass is 287 g/mol. The summed E-state index contributed by atoms with van der Waals surface area (Å²) in [5.41, 5.74) is 4.45. The van der Waals surface area contributed by atoms with Gasteiger partial charge in [-0.1, -0.05) is 58.1 Å². The molecule has 0 aromatic rings. The molecule has 1 unspecified atom stereocenters. The average molecular weight is 287 g/mol. The first-order chi connectivity index (χ1) is 9.85. The van der Waals surface area contributed by atoms with Crippen LogP contribution in [0.5, 0.6) is 0 Å². The molecule has 1 aliphatic carbocycles. The molecule has 0 bridgehead atoms. The molecule has 0 spiro atoms. The zero-order chi connectivity index (χ0) is 15.9. The Morgan fingerprint density at radius 2 is 2.10 bits per heavy atom. The van der Waals surface area contributed by atoms with Crippen molar-refractivity contribution in [3.05, 3.63) is 48.2 Å². The summed E-state index contributed by atoms with van der Waals surface area (Å²) in [7, 11) is 0. The van der Waals surface area contributed by atoms with E-state index in [9.17, 15) is 0 Å². The van der Waals surface area contributed by atoms with Crippen LogP contribution in [0.2, 0.25) is 0 Å². The van der Waals surface area contributed by atoms with Gasteiger partial charge in [-0.2, -0.15) is 0 Å². The summed E-state index contributed by atoms with van der Waals surface area (Å²) in [5, 5.41) is 3.65. The van der Waals surface area contributed by atoms with E-state index >= 15 is 0 Å². The standard InChI is InChI=1S/C20H33N/c1-7-10-17(8-2)13-14-18-11-9-12-19(18)21-16(3)15-20(4,5)6/h7,13-14,19,21H,1,3,8-12,15H2,2,4-6H3/b17-13+,18-14+. The maximum atomic E-state index is 4.21. The van der Waals surface area contributed by atoms with E-state index in [1.165, 1.54) is 36.1 Å². The molecule has 0 heterocycles. The SMILES string of the molecule is C=CC/C(=C/C=C1\CCCC1NC(=C)CC(C)(C)C)CC. The molecule has 1 aliphatic rings. The van der Waals surface area contributed by atoms with Crippen LogP contribution in [0.3, 0.4) is 0 Å². The second-order valence-corrected chi connectivity index (χ2v) is 7.34. The second kappa shape index (κ2) is 8.26. The topological polar surface area (TPSA) is 12.0 Å². The summed E-state index contributed by atoms with van der Waals surface area (Å²) < 4.78 is 0. The van der Waals surface area contributed by atoms with E-state index in [-0.39, 0.29) is 0 Å². The van der Waals surface area contributed by atoms with Crippen molar-refractivity contribution in [3.8, 4) is 0 Å². The van der Waals surface area contributed by atoms with Crippen molar-refractivity contribution in [1.82, 2.24) is 5.32 Å². The lowest BCUT2D eigenvalue weighted by atomic mass is 9.90. The minimum Gasteiger partial charge on any atom is -0.382 e. The Labute approximate surface area is 131 Å². The highest BCUT2D eigenvalue weighted by atomic mass is 14.9. The number of hydrogen-bond acceptors (Lipinski definition) is 1. The molecule has 1 nitrogen and oxygen atoms in total. The molecule has 1 N–H and O–H groups in total. The van der Waals surface area contributed by atoms with Gasteiger partial charge >= 0.3 is 0 Å². The van der Waals surface area contributed by atoms with Crippen molar-refractivity contribution >= 4 is 0 Å². The molecule has 0 aromatic heterocycles. The molecule has 0 amide bonds. The van der Waals surface area contributed by atoms with Crippen molar-refractivity contribution in [2.24, 2.45) is 5.41 Å². The molecule has 1 rings (SSSR count). The third-order valence-corrected chi connectivity index (χ3v) is 3.92. The highest BCUT2D eigenvalue weighted by Gasteiger charge is 2.22. The van der Waals surface area contributed by atoms with Crippen LogP contribution in [0.4, 0.5) is 0 Å². The summed E-state index contributed by atoms with van der Waals surface area (Å²) in [5.74, 6) is 0. The smallest absolute Gasteiger partial charge is 0.0473 e. The van der Waals surface area contributed by atoms with Crippen molar-refractivity contribution in [3.63, 3.8) is 0 Å². The third kappa shape index (κ3) is 6.84. The molecular formula is C20H33N. The molecule has 0 aliphatic heterocycles. The predicted octanol–water partition coefficient (Wildman–Crippen LogP) is 5.92. The molecule has 1 fully saturated rings. The zero-order valence-electron chi connectivity index (χ0n) is 14.5. The Bertz CT molecular complexity index is 418. The Balaban J connectivity index is 2.66. The summed E-state index contributed by atoms with van der Waals surface area (Å²) in [4.78, 5) is 0. The largest absolute Gasteiger partial charge is 0.382 e. The number of rotatable bonds is 7. The second-order valence-electron chi connectivity index (χ2n) is 7.34. The zero-order valence-corrected chi connectivity index (χ0v) is 14.5. The van der Waals surface area contributed by atoms with Crippen molar-refractivity contribution in [2.45, 2.75) is 72.3 Å². The minimum absolute atomic E-state index is 0.297. The molecule has 1 saturated carbocycles. The molecule has 1 atom stereocenters. The van der Waals surface area contributed by atoms with Crippen molar-refractivity contribution in [1.29, 1.82) is 0 Å². The highest BCUT2D eigenvalue weighted by molar-refractivity contribution is 5.26. The maximum Gasteiger partial charge on any atom is 0.0473 e. The molecule has 0 radical (unpaired) electrons. The van der Waals surface area contributed by atoms with Crippen LogP contribution in [-0.4, -0.2) is 6.04 Å². The minimum atomic E-state index is 0.297. The van der Waals surface area contributed by atoms with Gasteiger partial charge in [-0.05, 0) is 49.5 Å². The van der Waals surface area contributed by atoms with E-state index in [1.807, 2.05) is 6.08 Å². The van der Waals surface area contributed by atoms with Crippen molar-refractivity contribution in [2.75, 3.05) is 0 Å². The Hall–Kier alpha value is -1.24. The lowest BCUT2D eigenvalue weighted by molar-refractivity contribution is 0.394. The van der Waals surface area contributed by atoms with Crippen LogP contribution in [0.25, 0.3) is 0 Å². The maximum absolute atomic E-state index is 4.21. The molecule has 21 heavy (non-hydrogen) atoms. The third-order valence-electron chi connectivity index (χ3n) is 3.92. The molecular weight excluding hydrogens is 254 g/mol. The van der Waals surface area contributed by atoms with Gasteiger partial charge < -0.3 is 5.32 Å². The van der Waals surface area contributed by atoms with Gasteiger partial charge in [-0.3, -0.25) is 0 Å². The van der Waals surface area contributed by atoms with Crippen LogP contribution in [0.15, 0.2) is 48.2 Å². The van der Waals surface area contributed by atoms with Gasteiger partial charge in [0.1, 0.15) is 0 Å². The summed E-state index contributed by atoms with van der Waals surface area (Å²) in [6, 6.07) is 0.484. The van der Waals surface area contributed by atoms with E-state index in [2.05, 4.69) is 58.3 Å². The van der Waals surface area contributed by atoms with Gasteiger partial charge in [0.25, 0.3) is 0 Å². The number of nitrogens with one attached hydrogen (secondary N) is 1. The first-order valence-corrected chi connectivity index (χ1v) is 8.29. The van der Waals surface area contributed by atoms with Crippen molar-refractivity contribution < 1.29 is 0 Å². The van der Waals surface area contributed by atoms with Crippen LogP contribution in [-0.2, 0) is 0 Å². The summed E-state index contributed by atoms with van der Waals surface area (Å²) in [6.45, 7) is 17.0. The summed E-state index contributed by atoms with van der Waals surface area (Å²) in [6.07, 6.45) is 13.5. The van der Waals surface area contributed by atoms with Gasteiger partial charge in [0.15, 0.2) is 0 Å². The van der Waals surface area contributed by atoms with E-state index in [4.69, 9.17) is 0 Å². The Morgan fingerprint density at radius 3 is 2.67 bits per heavy atom. The quantitative estimate of drug-likeness (QED) is 0.573. The molecule has 118 valence electrons. The van der Waals surface area contributed by atoms with Gasteiger partial charge in [0.05, 0.1) is 0 Å². The average Bonchev–Trinajstić information content (AvgIpc) is 2.79. The summed E-state index contributed by atoms with van der Waals surface area (Å²) >= 11 is 0. The Kier molecular flexibility index (Phi) is 7.01. The molecule has 1 heteroatoms. The fourth-order valence-electron chi connectivity index (χ4n) is 2.91. The fourth-order valence-corrected chi connectivity index (χ4v) is 2.91. The van der Waals surface area contributed by atoms with E-state index in [1.54, 1.807) is 0 Å². The number of allylic oxidation sites excluding steroid dienone is 5. The molecule has 0 saturated heterocycles. The number of hydrogen-bond donors (Lipinski definition) is 1. The highest BCUT2D eigenvalue weighted by Crippen LogP contribution is 2.28. The van der Waals surface area contributed by atoms with Crippen LogP contribution in [0, 0.1) is 5.41 Å². The van der Waals surface area contributed by atoms with Gasteiger partial charge in [-0.15, -0.1) is 6.58 Å². The van der Waals surface area contributed by atoms with Crippen LogP contribution < -0.4 is 5.32 Å². The lowest BCUT2D eigenvalue weighted by Crippen LogP contribution is -2.28. The van der Waals surface area contributed by atoms with Gasteiger partial charge in [0, 0.05) is 11.7 Å². The van der Waals surface area contributed by atoms with Crippen LogP contribution >= 0.6 is 0 Å². The fraction of sp³-hybridized carbons (Fsp3) is 0.600. The normalized spacial score (nSPS) is 21.6. The lowest BCUT2D eigenvalue weighted by Gasteiger charge is -2.24. The van der Waals surface area contributed by atoms with E-state index in [0.717, 1.165) is 19.3 Å². The van der Waals surface area contributed by atoms with Crippen LogP contribution in [0.1, 0.15) is 66.2 Å². The predicted molar refractivity (Wildman–Crippen MR) is 95.3 cm³/mol. The Morgan fingerprint density at radius 1 is 1.38 bits per heavy atom. The first kappa shape index (κ1) is 17.8. The van der Waals surface area contributed by atoms with E-state index in [0.29, 0.717) is 11.5 Å². The molecule has 0 aromatic carbocycles. The van der Waals surface area contributed by atoms with Gasteiger partial charge in [0.2, 0.25) is 0 Å². The van der Waals surface area contributed by atoms with E-state index < -0.39 is 0 Å². The van der Waals surface area contributed by atoms with Gasteiger partial charge in [-0.25, -0.2) is 0 Å². The first-order valence-electron chi connectivity index (χ1n) is 8.29.